The zero-order chi connectivity index (χ0) is 21.9. The summed E-state index contributed by atoms with van der Waals surface area (Å²) < 4.78 is 0. The molecule has 2 saturated heterocycles. The van der Waals surface area contributed by atoms with Crippen molar-refractivity contribution in [1.82, 2.24) is 20.3 Å². The van der Waals surface area contributed by atoms with Crippen molar-refractivity contribution in [2.24, 2.45) is 0 Å². The van der Waals surface area contributed by atoms with Gasteiger partial charge in [-0.3, -0.25) is 9.59 Å². The van der Waals surface area contributed by atoms with E-state index in [1.165, 1.54) is 0 Å². The summed E-state index contributed by atoms with van der Waals surface area (Å²) in [7, 11) is 0. The predicted molar refractivity (Wildman–Crippen MR) is 124 cm³/mol. The van der Waals surface area contributed by atoms with Crippen LogP contribution < -0.4 is 20.4 Å². The molecule has 1 atom stereocenters. The smallest absolute Gasteiger partial charge is 0.239 e. The van der Waals surface area contributed by atoms with Crippen LogP contribution in [-0.4, -0.2) is 59.0 Å². The van der Waals surface area contributed by atoms with Crippen LogP contribution in [0, 0.1) is 0 Å². The molecule has 3 N–H and O–H groups in total. The minimum Gasteiger partial charge on any atom is -0.376 e. The van der Waals surface area contributed by atoms with Crippen molar-refractivity contribution in [1.29, 1.82) is 0 Å². The van der Waals surface area contributed by atoms with Gasteiger partial charge in [0.1, 0.15) is 17.8 Å². The van der Waals surface area contributed by atoms with Crippen molar-refractivity contribution < 1.29 is 9.59 Å². The average molecular weight is 434 g/mol. The van der Waals surface area contributed by atoms with E-state index in [-0.39, 0.29) is 24.4 Å². The van der Waals surface area contributed by atoms with E-state index in [9.17, 15) is 9.59 Å². The molecule has 2 aromatic heterocycles. The van der Waals surface area contributed by atoms with Crippen molar-refractivity contribution in [2.45, 2.75) is 31.7 Å². The number of piperidine rings is 1. The maximum Gasteiger partial charge on any atom is 0.239 e. The third-order valence-corrected chi connectivity index (χ3v) is 6.10. The maximum absolute atomic E-state index is 12.6. The van der Waals surface area contributed by atoms with Gasteiger partial charge in [0.15, 0.2) is 0 Å². The van der Waals surface area contributed by atoms with Crippen molar-refractivity contribution >= 4 is 40.0 Å². The molecule has 2 fully saturated rings. The molecule has 9 nitrogen and oxygen atoms in total. The first-order valence-corrected chi connectivity index (χ1v) is 11.1. The molecule has 2 aliphatic heterocycles. The zero-order valence-corrected chi connectivity index (χ0v) is 17.9. The van der Waals surface area contributed by atoms with Gasteiger partial charge in [0, 0.05) is 49.7 Å². The van der Waals surface area contributed by atoms with Gasteiger partial charge in [-0.2, -0.15) is 0 Å². The average Bonchev–Trinajstić information content (AvgIpc) is 3.47. The van der Waals surface area contributed by atoms with Crippen LogP contribution in [0.4, 0.5) is 17.2 Å². The molecule has 32 heavy (non-hydrogen) atoms. The number of hydrogen-bond donors (Lipinski definition) is 3. The Bertz CT molecular complexity index is 1130. The molecule has 4 heterocycles. The lowest BCUT2D eigenvalue weighted by Gasteiger charge is -2.34. The number of fused-ring (bicyclic) bond motifs is 1. The number of aromatic nitrogens is 3. The fraction of sp³-hybridized carbons (Fsp3) is 0.391. The number of H-pyrrole nitrogens is 1. The van der Waals surface area contributed by atoms with E-state index in [0.29, 0.717) is 6.42 Å². The second-order valence-electron chi connectivity index (χ2n) is 8.34. The third-order valence-electron chi connectivity index (χ3n) is 6.10. The van der Waals surface area contributed by atoms with Crippen LogP contribution in [0.15, 0.2) is 42.9 Å². The maximum atomic E-state index is 12.6. The van der Waals surface area contributed by atoms with E-state index >= 15 is 0 Å². The number of nitrogens with one attached hydrogen (secondary N) is 3. The Morgan fingerprint density at radius 1 is 1.19 bits per heavy atom. The lowest BCUT2D eigenvalue weighted by Crippen LogP contribution is -2.49. The molecule has 0 bridgehead atoms. The SMILES string of the molecule is O=C(CNc1cccc(N2CCCC2=O)c1)NC1CCCN(c2ncnc3[nH]ccc23)C1. The van der Waals surface area contributed by atoms with Crippen LogP contribution in [-0.2, 0) is 9.59 Å². The normalized spacial score (nSPS) is 18.9. The topological polar surface area (TPSA) is 106 Å². The number of carbonyl (C=O) groups is 2. The molecule has 9 heteroatoms. The Morgan fingerprint density at radius 2 is 2.12 bits per heavy atom. The Labute approximate surface area is 186 Å². The molecule has 2 aliphatic rings. The number of amides is 2. The number of rotatable bonds is 6. The van der Waals surface area contributed by atoms with Crippen LogP contribution in [0.25, 0.3) is 11.0 Å². The first kappa shape index (κ1) is 20.3. The number of benzene rings is 1. The van der Waals surface area contributed by atoms with E-state index in [1.54, 1.807) is 11.2 Å². The fourth-order valence-electron chi connectivity index (χ4n) is 4.56. The molecule has 1 unspecified atom stereocenters. The lowest BCUT2D eigenvalue weighted by molar-refractivity contribution is -0.120. The highest BCUT2D eigenvalue weighted by Crippen LogP contribution is 2.26. The monoisotopic (exact) mass is 433 g/mol. The van der Waals surface area contributed by atoms with Gasteiger partial charge in [0.05, 0.1) is 11.9 Å². The van der Waals surface area contributed by atoms with Crippen molar-refractivity contribution in [2.75, 3.05) is 41.3 Å². The van der Waals surface area contributed by atoms with E-state index < -0.39 is 0 Å². The van der Waals surface area contributed by atoms with E-state index in [4.69, 9.17) is 0 Å². The van der Waals surface area contributed by atoms with E-state index in [0.717, 1.165) is 67.1 Å². The Hall–Kier alpha value is -3.62. The van der Waals surface area contributed by atoms with Crippen LogP contribution in [0.2, 0.25) is 0 Å². The minimum atomic E-state index is -0.0472. The Morgan fingerprint density at radius 3 is 3.00 bits per heavy atom. The second-order valence-corrected chi connectivity index (χ2v) is 8.34. The van der Waals surface area contributed by atoms with Gasteiger partial charge < -0.3 is 25.4 Å². The molecule has 0 aliphatic carbocycles. The summed E-state index contributed by atoms with van der Waals surface area (Å²) in [5.41, 5.74) is 2.53. The first-order chi connectivity index (χ1) is 15.7. The highest BCUT2D eigenvalue weighted by atomic mass is 16.2. The van der Waals surface area contributed by atoms with Gasteiger partial charge in [-0.15, -0.1) is 0 Å². The third kappa shape index (κ3) is 4.23. The van der Waals surface area contributed by atoms with Gasteiger partial charge in [-0.1, -0.05) is 6.07 Å². The number of carbonyl (C=O) groups excluding carboxylic acids is 2. The molecule has 0 spiro atoms. The standard InChI is InChI=1S/C23H27N7O2/c31-20(13-25-16-4-1-6-18(12-16)30-11-3-7-21(30)32)28-17-5-2-10-29(14-17)23-19-8-9-24-22(19)26-15-27-23/h1,4,6,8-9,12,15,17,25H,2-3,5,7,10-11,13-14H2,(H,28,31)(H,24,26,27). The quantitative estimate of drug-likeness (QED) is 0.551. The molecule has 3 aromatic rings. The summed E-state index contributed by atoms with van der Waals surface area (Å²) >= 11 is 0. The van der Waals surface area contributed by atoms with Gasteiger partial charge in [-0.05, 0) is 43.5 Å². The summed E-state index contributed by atoms with van der Waals surface area (Å²) in [6, 6.07) is 9.73. The molecule has 0 radical (unpaired) electrons. The number of anilines is 3. The van der Waals surface area contributed by atoms with Gasteiger partial charge >= 0.3 is 0 Å². The van der Waals surface area contributed by atoms with E-state index in [1.807, 2.05) is 36.5 Å². The van der Waals surface area contributed by atoms with Crippen LogP contribution in [0.3, 0.4) is 0 Å². The molecule has 1 aromatic carbocycles. The Balaban J connectivity index is 1.17. The van der Waals surface area contributed by atoms with Crippen molar-refractivity contribution in [3.8, 4) is 0 Å². The summed E-state index contributed by atoms with van der Waals surface area (Å²) in [4.78, 5) is 40.5. The number of aromatic amines is 1. The first-order valence-electron chi connectivity index (χ1n) is 11.1. The molecular formula is C23H27N7O2. The highest BCUT2D eigenvalue weighted by molar-refractivity contribution is 5.95. The van der Waals surface area contributed by atoms with Gasteiger partial charge in [0.25, 0.3) is 0 Å². The Kier molecular flexibility index (Phi) is 5.62. The summed E-state index contributed by atoms with van der Waals surface area (Å²) in [6.07, 6.45) is 6.86. The van der Waals surface area contributed by atoms with Crippen LogP contribution in [0.1, 0.15) is 25.7 Å². The van der Waals surface area contributed by atoms with Crippen molar-refractivity contribution in [3.05, 3.63) is 42.9 Å². The van der Waals surface area contributed by atoms with E-state index in [2.05, 4.69) is 30.5 Å². The number of nitrogens with zero attached hydrogens (tertiary/aromatic N) is 4. The lowest BCUT2D eigenvalue weighted by atomic mass is 10.1. The number of hydrogen-bond acceptors (Lipinski definition) is 6. The highest BCUT2D eigenvalue weighted by Gasteiger charge is 2.24. The minimum absolute atomic E-state index is 0.0472. The molecule has 2 amide bonds. The summed E-state index contributed by atoms with van der Waals surface area (Å²) in [6.45, 7) is 2.56. The fourth-order valence-corrected chi connectivity index (χ4v) is 4.56. The van der Waals surface area contributed by atoms with Crippen LogP contribution in [0.5, 0.6) is 0 Å². The zero-order valence-electron chi connectivity index (χ0n) is 17.9. The summed E-state index contributed by atoms with van der Waals surface area (Å²) in [5.74, 6) is 1.01. The molecule has 0 saturated carbocycles. The van der Waals surface area contributed by atoms with Crippen LogP contribution >= 0.6 is 0 Å². The van der Waals surface area contributed by atoms with Gasteiger partial charge in [-0.25, -0.2) is 9.97 Å². The molecule has 166 valence electrons. The molecule has 5 rings (SSSR count). The predicted octanol–water partition coefficient (Wildman–Crippen LogP) is 2.28. The second kappa shape index (κ2) is 8.86. The van der Waals surface area contributed by atoms with Gasteiger partial charge in [0.2, 0.25) is 11.8 Å². The molecular weight excluding hydrogens is 406 g/mol. The van der Waals surface area contributed by atoms with Crippen molar-refractivity contribution in [3.63, 3.8) is 0 Å². The largest absolute Gasteiger partial charge is 0.376 e. The summed E-state index contributed by atoms with van der Waals surface area (Å²) in [5, 5.41) is 7.33.